The fraction of sp³-hybridized carbons (Fsp3) is 0.909. The predicted octanol–water partition coefficient (Wildman–Crippen LogP) is -0.0861. The summed E-state index contributed by atoms with van der Waals surface area (Å²) in [7, 11) is 2.01. The van der Waals surface area contributed by atoms with Crippen molar-refractivity contribution in [3.63, 3.8) is 0 Å². The van der Waals surface area contributed by atoms with E-state index >= 15 is 0 Å². The van der Waals surface area contributed by atoms with Gasteiger partial charge in [0.1, 0.15) is 0 Å². The first-order valence-electron chi connectivity index (χ1n) is 5.88. The molecule has 2 aliphatic heterocycles. The van der Waals surface area contributed by atoms with Gasteiger partial charge in [-0.15, -0.1) is 0 Å². The van der Waals surface area contributed by atoms with Gasteiger partial charge >= 0.3 is 5.97 Å². The van der Waals surface area contributed by atoms with E-state index in [1.807, 2.05) is 7.05 Å². The Balaban J connectivity index is 1.89. The van der Waals surface area contributed by atoms with Crippen molar-refractivity contribution in [1.29, 1.82) is 0 Å². The quantitative estimate of drug-likeness (QED) is 0.689. The number of rotatable bonds is 5. The standard InChI is InChI=1S/C11H20N2O3/c1-13(6-9-3-2-4-16-9)11(5-10(14)15)7-12-8-11/h9,12H,2-8H2,1H3,(H,14,15). The van der Waals surface area contributed by atoms with Gasteiger partial charge in [0.15, 0.2) is 0 Å². The average Bonchev–Trinajstić information content (AvgIpc) is 2.63. The molecule has 5 heteroatoms. The maximum absolute atomic E-state index is 10.9. The summed E-state index contributed by atoms with van der Waals surface area (Å²) in [4.78, 5) is 13.0. The molecule has 2 fully saturated rings. The molecule has 0 radical (unpaired) electrons. The molecule has 92 valence electrons. The van der Waals surface area contributed by atoms with Crippen LogP contribution in [0.3, 0.4) is 0 Å². The van der Waals surface area contributed by atoms with Crippen molar-refractivity contribution in [2.75, 3.05) is 33.3 Å². The van der Waals surface area contributed by atoms with Crippen LogP contribution in [0.2, 0.25) is 0 Å². The number of nitrogens with one attached hydrogen (secondary N) is 1. The van der Waals surface area contributed by atoms with Crippen molar-refractivity contribution in [3.05, 3.63) is 0 Å². The van der Waals surface area contributed by atoms with Gasteiger partial charge < -0.3 is 15.2 Å². The third-order valence-electron chi connectivity index (χ3n) is 3.70. The van der Waals surface area contributed by atoms with Crippen molar-refractivity contribution in [2.24, 2.45) is 0 Å². The Bertz CT molecular complexity index is 260. The van der Waals surface area contributed by atoms with Gasteiger partial charge in [0, 0.05) is 26.2 Å². The molecule has 0 spiro atoms. The Morgan fingerprint density at radius 1 is 1.62 bits per heavy atom. The van der Waals surface area contributed by atoms with Gasteiger partial charge in [0.2, 0.25) is 0 Å². The summed E-state index contributed by atoms with van der Waals surface area (Å²) in [6, 6.07) is 0. The number of hydrogen-bond acceptors (Lipinski definition) is 4. The first-order chi connectivity index (χ1) is 7.62. The molecule has 0 bridgehead atoms. The van der Waals surface area contributed by atoms with Crippen LogP contribution in [0, 0.1) is 0 Å². The van der Waals surface area contributed by atoms with E-state index in [0.717, 1.165) is 39.1 Å². The minimum absolute atomic E-state index is 0.197. The lowest BCUT2D eigenvalue weighted by molar-refractivity contribution is -0.141. The SMILES string of the molecule is CN(CC1CCCO1)C1(CC(=O)O)CNC1. The highest BCUT2D eigenvalue weighted by Gasteiger charge is 2.43. The summed E-state index contributed by atoms with van der Waals surface area (Å²) in [6.45, 7) is 3.22. The largest absolute Gasteiger partial charge is 0.481 e. The molecule has 0 amide bonds. The van der Waals surface area contributed by atoms with Gasteiger partial charge in [-0.25, -0.2) is 0 Å². The highest BCUT2D eigenvalue weighted by Crippen LogP contribution is 2.25. The monoisotopic (exact) mass is 228 g/mol. The molecule has 2 rings (SSSR count). The summed E-state index contributed by atoms with van der Waals surface area (Å²) < 4.78 is 5.58. The molecule has 0 aromatic rings. The normalized spacial score (nSPS) is 28.0. The molecule has 0 aliphatic carbocycles. The first-order valence-corrected chi connectivity index (χ1v) is 5.88. The van der Waals surface area contributed by atoms with Crippen molar-refractivity contribution in [2.45, 2.75) is 30.9 Å². The van der Waals surface area contributed by atoms with Gasteiger partial charge in [-0.2, -0.15) is 0 Å². The van der Waals surface area contributed by atoms with Crippen LogP contribution in [-0.2, 0) is 9.53 Å². The van der Waals surface area contributed by atoms with E-state index < -0.39 is 5.97 Å². The van der Waals surface area contributed by atoms with Gasteiger partial charge in [0.05, 0.1) is 18.1 Å². The van der Waals surface area contributed by atoms with E-state index in [-0.39, 0.29) is 18.1 Å². The van der Waals surface area contributed by atoms with Crippen LogP contribution in [0.5, 0.6) is 0 Å². The molecule has 5 nitrogen and oxygen atoms in total. The Morgan fingerprint density at radius 2 is 2.38 bits per heavy atom. The lowest BCUT2D eigenvalue weighted by atomic mass is 9.86. The Hall–Kier alpha value is -0.650. The molecule has 1 unspecified atom stereocenters. The maximum atomic E-state index is 10.9. The minimum atomic E-state index is -0.722. The van der Waals surface area contributed by atoms with Crippen molar-refractivity contribution in [3.8, 4) is 0 Å². The zero-order valence-corrected chi connectivity index (χ0v) is 9.74. The fourth-order valence-corrected chi connectivity index (χ4v) is 2.51. The molecular weight excluding hydrogens is 208 g/mol. The van der Waals surface area contributed by atoms with Crippen LogP contribution in [0.25, 0.3) is 0 Å². The molecular formula is C11H20N2O3. The van der Waals surface area contributed by atoms with E-state index in [2.05, 4.69) is 10.2 Å². The lowest BCUT2D eigenvalue weighted by Crippen LogP contribution is -2.69. The summed E-state index contributed by atoms with van der Waals surface area (Å²) >= 11 is 0. The summed E-state index contributed by atoms with van der Waals surface area (Å²) in [5.74, 6) is -0.722. The molecule has 1 atom stereocenters. The third-order valence-corrected chi connectivity index (χ3v) is 3.70. The molecule has 2 N–H and O–H groups in total. The first kappa shape index (κ1) is 11.8. The van der Waals surface area contributed by atoms with Crippen molar-refractivity contribution in [1.82, 2.24) is 10.2 Å². The zero-order chi connectivity index (χ0) is 11.6. The number of ether oxygens (including phenoxy) is 1. The van der Waals surface area contributed by atoms with Crippen LogP contribution >= 0.6 is 0 Å². The van der Waals surface area contributed by atoms with Crippen LogP contribution in [-0.4, -0.2) is 60.9 Å². The van der Waals surface area contributed by atoms with Gasteiger partial charge in [-0.1, -0.05) is 0 Å². The number of carbonyl (C=O) groups is 1. The number of hydrogen-bond donors (Lipinski definition) is 2. The fourth-order valence-electron chi connectivity index (χ4n) is 2.51. The molecule has 2 heterocycles. The van der Waals surface area contributed by atoms with Gasteiger partial charge in [-0.3, -0.25) is 9.69 Å². The number of likely N-dealkylation sites (N-methyl/N-ethyl adjacent to an activating group) is 1. The molecule has 0 saturated carbocycles. The third kappa shape index (κ3) is 2.36. The maximum Gasteiger partial charge on any atom is 0.305 e. The number of carboxylic acids is 1. The molecule has 2 saturated heterocycles. The van der Waals surface area contributed by atoms with Crippen molar-refractivity contribution >= 4 is 5.97 Å². The lowest BCUT2D eigenvalue weighted by Gasteiger charge is -2.49. The second kappa shape index (κ2) is 4.69. The van der Waals surface area contributed by atoms with Crippen LogP contribution < -0.4 is 5.32 Å². The second-order valence-electron chi connectivity index (χ2n) is 4.91. The van der Waals surface area contributed by atoms with Crippen LogP contribution in [0.15, 0.2) is 0 Å². The molecule has 0 aromatic carbocycles. The van der Waals surface area contributed by atoms with Crippen molar-refractivity contribution < 1.29 is 14.6 Å². The summed E-state index contributed by atoms with van der Waals surface area (Å²) in [5.41, 5.74) is -0.197. The van der Waals surface area contributed by atoms with E-state index in [0.29, 0.717) is 0 Å². The van der Waals surface area contributed by atoms with E-state index in [1.165, 1.54) is 0 Å². The van der Waals surface area contributed by atoms with Gasteiger partial charge in [0.25, 0.3) is 0 Å². The zero-order valence-electron chi connectivity index (χ0n) is 9.74. The van der Waals surface area contributed by atoms with E-state index in [1.54, 1.807) is 0 Å². The minimum Gasteiger partial charge on any atom is -0.481 e. The van der Waals surface area contributed by atoms with E-state index in [9.17, 15) is 4.79 Å². The van der Waals surface area contributed by atoms with Crippen LogP contribution in [0.1, 0.15) is 19.3 Å². The topological polar surface area (TPSA) is 61.8 Å². The van der Waals surface area contributed by atoms with Crippen LogP contribution in [0.4, 0.5) is 0 Å². The second-order valence-corrected chi connectivity index (χ2v) is 4.91. The Labute approximate surface area is 95.8 Å². The average molecular weight is 228 g/mol. The Kier molecular flexibility index (Phi) is 3.47. The number of nitrogens with zero attached hydrogens (tertiary/aromatic N) is 1. The highest BCUT2D eigenvalue weighted by atomic mass is 16.5. The molecule has 0 aromatic heterocycles. The number of aliphatic carboxylic acids is 1. The molecule has 16 heavy (non-hydrogen) atoms. The highest BCUT2D eigenvalue weighted by molar-refractivity contribution is 5.68. The van der Waals surface area contributed by atoms with Gasteiger partial charge in [-0.05, 0) is 19.9 Å². The smallest absolute Gasteiger partial charge is 0.305 e. The van der Waals surface area contributed by atoms with E-state index in [4.69, 9.17) is 9.84 Å². The Morgan fingerprint density at radius 3 is 2.81 bits per heavy atom. The summed E-state index contributed by atoms with van der Waals surface area (Å²) in [6.07, 6.45) is 2.73. The molecule has 2 aliphatic rings. The number of carboxylic acid groups (broad SMARTS) is 1. The predicted molar refractivity (Wildman–Crippen MR) is 59.5 cm³/mol. The summed E-state index contributed by atoms with van der Waals surface area (Å²) in [5, 5.41) is 12.1.